The molecule has 0 saturated carbocycles. The maximum absolute atomic E-state index is 12.3. The van der Waals surface area contributed by atoms with Crippen molar-refractivity contribution in [2.24, 2.45) is 0 Å². The van der Waals surface area contributed by atoms with Crippen molar-refractivity contribution in [1.82, 2.24) is 14.6 Å². The SMILES string of the molecule is COC(=O)c1ncsc1S(=O)(=O)N1CCNC(=O)C1. The largest absolute Gasteiger partial charge is 0.464 e. The molecule has 0 aliphatic carbocycles. The van der Waals surface area contributed by atoms with Gasteiger partial charge in [-0.05, 0) is 0 Å². The topological polar surface area (TPSA) is 106 Å². The Kier molecular flexibility index (Phi) is 3.83. The summed E-state index contributed by atoms with van der Waals surface area (Å²) in [5, 5.41) is 2.53. The van der Waals surface area contributed by atoms with Gasteiger partial charge in [0.15, 0.2) is 9.90 Å². The van der Waals surface area contributed by atoms with Crippen molar-refractivity contribution in [1.29, 1.82) is 0 Å². The number of carbonyl (C=O) groups is 2. The summed E-state index contributed by atoms with van der Waals surface area (Å²) in [6.45, 7) is 0.137. The van der Waals surface area contributed by atoms with E-state index in [1.807, 2.05) is 0 Å². The highest BCUT2D eigenvalue weighted by Gasteiger charge is 2.34. The van der Waals surface area contributed by atoms with Crippen LogP contribution in [-0.4, -0.2) is 56.3 Å². The normalized spacial score (nSPS) is 17.0. The smallest absolute Gasteiger partial charge is 0.358 e. The molecular formula is C9H11N3O5S2. The molecule has 1 N–H and O–H groups in total. The van der Waals surface area contributed by atoms with Gasteiger partial charge in [-0.25, -0.2) is 18.2 Å². The molecule has 2 rings (SSSR count). The maximum atomic E-state index is 12.3. The molecule has 1 fully saturated rings. The van der Waals surface area contributed by atoms with E-state index in [0.717, 1.165) is 22.8 Å². The number of aromatic nitrogens is 1. The Balaban J connectivity index is 2.37. The van der Waals surface area contributed by atoms with Crippen molar-refractivity contribution in [3.63, 3.8) is 0 Å². The third kappa shape index (κ3) is 2.60. The number of piperazine rings is 1. The summed E-state index contributed by atoms with van der Waals surface area (Å²) in [6, 6.07) is 0. The molecule has 1 aromatic rings. The Hall–Kier alpha value is -1.52. The number of sulfonamides is 1. The monoisotopic (exact) mass is 305 g/mol. The minimum atomic E-state index is -3.91. The Bertz CT molecular complexity index is 609. The number of ether oxygens (including phenoxy) is 1. The van der Waals surface area contributed by atoms with Crippen LogP contribution in [0.5, 0.6) is 0 Å². The third-order valence-corrected chi connectivity index (χ3v) is 5.68. The molecule has 0 unspecified atom stereocenters. The molecule has 104 valence electrons. The highest BCUT2D eigenvalue weighted by atomic mass is 32.2. The highest BCUT2D eigenvalue weighted by molar-refractivity contribution is 7.91. The summed E-state index contributed by atoms with van der Waals surface area (Å²) in [7, 11) is -2.76. The number of methoxy groups -OCH3 is 1. The average molecular weight is 305 g/mol. The lowest BCUT2D eigenvalue weighted by molar-refractivity contribution is -0.122. The fraction of sp³-hybridized carbons (Fsp3) is 0.444. The lowest BCUT2D eigenvalue weighted by Gasteiger charge is -2.25. The molecule has 1 saturated heterocycles. The quantitative estimate of drug-likeness (QED) is 0.722. The van der Waals surface area contributed by atoms with Crippen LogP contribution in [0.2, 0.25) is 0 Å². The molecule has 19 heavy (non-hydrogen) atoms. The molecule has 1 amide bonds. The van der Waals surface area contributed by atoms with Gasteiger partial charge in [0, 0.05) is 13.1 Å². The van der Waals surface area contributed by atoms with Gasteiger partial charge in [0.2, 0.25) is 5.91 Å². The number of amides is 1. The Morgan fingerprint density at radius 2 is 2.32 bits per heavy atom. The van der Waals surface area contributed by atoms with Gasteiger partial charge in [0.05, 0.1) is 19.2 Å². The fourth-order valence-electron chi connectivity index (χ4n) is 1.59. The summed E-state index contributed by atoms with van der Waals surface area (Å²) in [5.41, 5.74) is 1.00. The molecule has 0 spiro atoms. The molecule has 0 aromatic carbocycles. The lowest BCUT2D eigenvalue weighted by atomic mass is 10.4. The van der Waals surface area contributed by atoms with E-state index in [1.54, 1.807) is 0 Å². The highest BCUT2D eigenvalue weighted by Crippen LogP contribution is 2.24. The Morgan fingerprint density at radius 3 is 2.95 bits per heavy atom. The van der Waals surface area contributed by atoms with Gasteiger partial charge in [0.25, 0.3) is 10.0 Å². The number of carbonyl (C=O) groups excluding carboxylic acids is 2. The number of esters is 1. The minimum absolute atomic E-state index is 0.159. The van der Waals surface area contributed by atoms with Gasteiger partial charge in [-0.3, -0.25) is 4.79 Å². The van der Waals surface area contributed by atoms with Crippen LogP contribution in [0.3, 0.4) is 0 Å². The van der Waals surface area contributed by atoms with Gasteiger partial charge in [-0.2, -0.15) is 4.31 Å². The second kappa shape index (κ2) is 5.23. The summed E-state index contributed by atoms with van der Waals surface area (Å²) >= 11 is 0.822. The van der Waals surface area contributed by atoms with E-state index in [2.05, 4.69) is 15.0 Å². The van der Waals surface area contributed by atoms with Crippen LogP contribution in [0.15, 0.2) is 9.72 Å². The molecule has 1 aliphatic heterocycles. The Labute approximate surface area is 113 Å². The third-order valence-electron chi connectivity index (χ3n) is 2.49. The van der Waals surface area contributed by atoms with Crippen molar-refractivity contribution < 1.29 is 22.7 Å². The molecule has 0 atom stereocenters. The number of nitrogens with zero attached hydrogens (tertiary/aromatic N) is 2. The van der Waals surface area contributed by atoms with Crippen molar-refractivity contribution in [2.75, 3.05) is 26.7 Å². The van der Waals surface area contributed by atoms with Gasteiger partial charge in [0.1, 0.15) is 0 Å². The predicted octanol–water partition coefficient (Wildman–Crippen LogP) is -0.950. The first-order chi connectivity index (χ1) is 8.96. The van der Waals surface area contributed by atoms with Crippen LogP contribution in [0.1, 0.15) is 10.5 Å². The number of nitrogens with one attached hydrogen (secondary N) is 1. The second-order valence-corrected chi connectivity index (χ2v) is 6.66. The molecule has 1 aliphatic rings. The van der Waals surface area contributed by atoms with Crippen LogP contribution in [0, 0.1) is 0 Å². The molecule has 0 bridgehead atoms. The van der Waals surface area contributed by atoms with Crippen molar-refractivity contribution in [3.05, 3.63) is 11.2 Å². The van der Waals surface area contributed by atoms with Crippen LogP contribution >= 0.6 is 11.3 Å². The van der Waals surface area contributed by atoms with Gasteiger partial charge >= 0.3 is 5.97 Å². The molecule has 8 nitrogen and oxygen atoms in total. The first-order valence-electron chi connectivity index (χ1n) is 5.25. The van der Waals surface area contributed by atoms with E-state index >= 15 is 0 Å². The summed E-state index contributed by atoms with van der Waals surface area (Å²) < 4.78 is 30.0. The van der Waals surface area contributed by atoms with E-state index in [0.29, 0.717) is 0 Å². The first kappa shape index (κ1) is 13.9. The number of rotatable bonds is 3. The van der Waals surface area contributed by atoms with E-state index in [-0.39, 0.29) is 35.4 Å². The Morgan fingerprint density at radius 1 is 1.58 bits per heavy atom. The van der Waals surface area contributed by atoms with E-state index < -0.39 is 16.0 Å². The van der Waals surface area contributed by atoms with E-state index in [1.165, 1.54) is 5.51 Å². The summed E-state index contributed by atoms with van der Waals surface area (Å²) in [6.07, 6.45) is 0. The molecule has 10 heteroatoms. The zero-order valence-corrected chi connectivity index (χ0v) is 11.6. The van der Waals surface area contributed by atoms with Gasteiger partial charge in [-0.15, -0.1) is 11.3 Å². The minimum Gasteiger partial charge on any atom is -0.464 e. The zero-order valence-electron chi connectivity index (χ0n) is 9.95. The summed E-state index contributed by atoms with van der Waals surface area (Å²) in [5.74, 6) is -1.19. The first-order valence-corrected chi connectivity index (χ1v) is 7.57. The lowest BCUT2D eigenvalue weighted by Crippen LogP contribution is -2.49. The predicted molar refractivity (Wildman–Crippen MR) is 65.2 cm³/mol. The molecule has 1 aromatic heterocycles. The van der Waals surface area contributed by atoms with Crippen molar-refractivity contribution >= 4 is 33.2 Å². The average Bonchev–Trinajstić information content (AvgIpc) is 2.87. The zero-order chi connectivity index (χ0) is 14.0. The number of hydrogen-bond acceptors (Lipinski definition) is 7. The van der Waals surface area contributed by atoms with Gasteiger partial charge in [-0.1, -0.05) is 0 Å². The van der Waals surface area contributed by atoms with Gasteiger partial charge < -0.3 is 10.1 Å². The standard InChI is InChI=1S/C9H11N3O5S2/c1-17-8(14)7-9(18-5-11-7)19(15,16)12-3-2-10-6(13)4-12/h5H,2-4H2,1H3,(H,10,13). The maximum Gasteiger partial charge on any atom is 0.358 e. The second-order valence-electron chi connectivity index (χ2n) is 3.67. The van der Waals surface area contributed by atoms with Crippen LogP contribution in [0.4, 0.5) is 0 Å². The van der Waals surface area contributed by atoms with Crippen LogP contribution in [0.25, 0.3) is 0 Å². The number of hydrogen-bond donors (Lipinski definition) is 1. The number of thiazole rings is 1. The van der Waals surface area contributed by atoms with Crippen molar-refractivity contribution in [3.8, 4) is 0 Å². The van der Waals surface area contributed by atoms with Crippen LogP contribution < -0.4 is 5.32 Å². The van der Waals surface area contributed by atoms with Crippen molar-refractivity contribution in [2.45, 2.75) is 4.21 Å². The van der Waals surface area contributed by atoms with Crippen LogP contribution in [-0.2, 0) is 19.6 Å². The molecule has 2 heterocycles. The van der Waals surface area contributed by atoms with E-state index in [9.17, 15) is 18.0 Å². The molecule has 0 radical (unpaired) electrons. The fourth-order valence-corrected chi connectivity index (χ4v) is 4.26. The summed E-state index contributed by atoms with van der Waals surface area (Å²) in [4.78, 5) is 26.4. The van der Waals surface area contributed by atoms with E-state index in [4.69, 9.17) is 0 Å². The molecular weight excluding hydrogens is 294 g/mol.